The second-order valence-electron chi connectivity index (χ2n) is 6.00. The molecule has 0 spiro atoms. The summed E-state index contributed by atoms with van der Waals surface area (Å²) in [6.07, 6.45) is 5.84. The fourth-order valence-electron chi connectivity index (χ4n) is 2.95. The van der Waals surface area contributed by atoms with Crippen LogP contribution in [0.4, 0.5) is 0 Å². The molecule has 3 rings (SSSR count). The summed E-state index contributed by atoms with van der Waals surface area (Å²) in [6, 6.07) is 4.64. The van der Waals surface area contributed by atoms with Gasteiger partial charge in [0.2, 0.25) is 0 Å². The van der Waals surface area contributed by atoms with Gasteiger partial charge < -0.3 is 10.2 Å². The SMILES string of the molecule is CCc1ccc(C(=O)N(CC2CCNCC2)C2CC2)s1. The fraction of sp³-hybridized carbons (Fsp3) is 0.688. The van der Waals surface area contributed by atoms with E-state index in [1.165, 1.54) is 30.6 Å². The van der Waals surface area contributed by atoms with Crippen LogP contribution in [0.15, 0.2) is 12.1 Å². The highest BCUT2D eigenvalue weighted by Crippen LogP contribution is 2.31. The number of aryl methyl sites for hydroxylation is 1. The van der Waals surface area contributed by atoms with Crippen LogP contribution in [0.1, 0.15) is 47.2 Å². The number of carbonyl (C=O) groups excluding carboxylic acids is 1. The molecule has 1 aromatic rings. The summed E-state index contributed by atoms with van der Waals surface area (Å²) >= 11 is 1.67. The first-order valence-corrected chi connectivity index (χ1v) is 8.70. The number of piperidine rings is 1. The lowest BCUT2D eigenvalue weighted by molar-refractivity contribution is 0.0706. The number of carbonyl (C=O) groups is 1. The molecule has 3 nitrogen and oxygen atoms in total. The summed E-state index contributed by atoms with van der Waals surface area (Å²) < 4.78 is 0. The quantitative estimate of drug-likeness (QED) is 0.905. The average molecular weight is 292 g/mol. The average Bonchev–Trinajstić information content (AvgIpc) is 3.21. The molecule has 1 amide bonds. The molecule has 1 N–H and O–H groups in total. The van der Waals surface area contributed by atoms with E-state index in [0.29, 0.717) is 12.0 Å². The van der Waals surface area contributed by atoms with Crippen LogP contribution in [-0.2, 0) is 6.42 Å². The van der Waals surface area contributed by atoms with Crippen molar-refractivity contribution in [2.45, 2.75) is 45.1 Å². The summed E-state index contributed by atoms with van der Waals surface area (Å²) in [6.45, 7) is 5.32. The van der Waals surface area contributed by atoms with Gasteiger partial charge in [-0.3, -0.25) is 4.79 Å². The summed E-state index contributed by atoms with van der Waals surface area (Å²) in [5.41, 5.74) is 0. The van der Waals surface area contributed by atoms with Crippen LogP contribution in [-0.4, -0.2) is 36.5 Å². The van der Waals surface area contributed by atoms with E-state index in [9.17, 15) is 4.79 Å². The molecular weight excluding hydrogens is 268 g/mol. The molecule has 2 fully saturated rings. The molecule has 20 heavy (non-hydrogen) atoms. The molecule has 1 saturated carbocycles. The zero-order valence-electron chi connectivity index (χ0n) is 12.2. The molecule has 1 aliphatic heterocycles. The standard InChI is InChI=1S/C16H24N2OS/c1-2-14-5-6-15(20-14)16(19)18(13-3-4-13)11-12-7-9-17-10-8-12/h5-6,12-13,17H,2-4,7-11H2,1H3. The van der Waals surface area contributed by atoms with Gasteiger partial charge in [0.05, 0.1) is 4.88 Å². The number of nitrogens with one attached hydrogen (secondary N) is 1. The van der Waals surface area contributed by atoms with Gasteiger partial charge in [0, 0.05) is 17.5 Å². The fourth-order valence-corrected chi connectivity index (χ4v) is 3.85. The van der Waals surface area contributed by atoms with Crippen LogP contribution in [0, 0.1) is 5.92 Å². The van der Waals surface area contributed by atoms with E-state index in [-0.39, 0.29) is 5.91 Å². The maximum atomic E-state index is 12.7. The summed E-state index contributed by atoms with van der Waals surface area (Å²) in [4.78, 5) is 17.2. The van der Waals surface area contributed by atoms with Crippen molar-refractivity contribution in [1.82, 2.24) is 10.2 Å². The Bertz CT molecular complexity index is 461. The van der Waals surface area contributed by atoms with Crippen LogP contribution < -0.4 is 5.32 Å². The molecule has 0 unspecified atom stereocenters. The minimum Gasteiger partial charge on any atom is -0.335 e. The third-order valence-electron chi connectivity index (χ3n) is 4.38. The minimum absolute atomic E-state index is 0.274. The van der Waals surface area contributed by atoms with Gasteiger partial charge in [0.1, 0.15) is 0 Å². The second kappa shape index (κ2) is 6.27. The Morgan fingerprint density at radius 3 is 2.65 bits per heavy atom. The number of rotatable bonds is 5. The first kappa shape index (κ1) is 14.1. The lowest BCUT2D eigenvalue weighted by Gasteiger charge is -2.30. The van der Waals surface area contributed by atoms with Crippen LogP contribution in [0.3, 0.4) is 0 Å². The summed E-state index contributed by atoms with van der Waals surface area (Å²) in [5.74, 6) is 0.960. The Hall–Kier alpha value is -0.870. The zero-order chi connectivity index (χ0) is 13.9. The smallest absolute Gasteiger partial charge is 0.264 e. The van der Waals surface area contributed by atoms with Gasteiger partial charge in [-0.25, -0.2) is 0 Å². The van der Waals surface area contributed by atoms with Crippen LogP contribution in [0.25, 0.3) is 0 Å². The Kier molecular flexibility index (Phi) is 4.41. The largest absolute Gasteiger partial charge is 0.335 e. The van der Waals surface area contributed by atoms with Crippen LogP contribution in [0.2, 0.25) is 0 Å². The predicted molar refractivity (Wildman–Crippen MR) is 83.3 cm³/mol. The highest BCUT2D eigenvalue weighted by Gasteiger charge is 2.35. The van der Waals surface area contributed by atoms with Gasteiger partial charge in [-0.05, 0) is 63.2 Å². The summed E-state index contributed by atoms with van der Waals surface area (Å²) in [5, 5.41) is 3.40. The number of thiophene rings is 1. The van der Waals surface area contributed by atoms with Gasteiger partial charge >= 0.3 is 0 Å². The molecule has 110 valence electrons. The normalized spacial score (nSPS) is 20.1. The van der Waals surface area contributed by atoms with Crippen molar-refractivity contribution in [3.05, 3.63) is 21.9 Å². The first-order chi connectivity index (χ1) is 9.78. The van der Waals surface area contributed by atoms with Gasteiger partial charge in [-0.2, -0.15) is 0 Å². The maximum Gasteiger partial charge on any atom is 0.264 e. The molecule has 0 bridgehead atoms. The topological polar surface area (TPSA) is 32.3 Å². The second-order valence-corrected chi connectivity index (χ2v) is 7.17. The molecule has 2 heterocycles. The molecular formula is C16H24N2OS. The number of nitrogens with zero attached hydrogens (tertiary/aromatic N) is 1. The van der Waals surface area contributed by atoms with Crippen molar-refractivity contribution in [3.8, 4) is 0 Å². The Morgan fingerprint density at radius 2 is 2.05 bits per heavy atom. The molecule has 1 aromatic heterocycles. The van der Waals surface area contributed by atoms with E-state index >= 15 is 0 Å². The van der Waals surface area contributed by atoms with Crippen molar-refractivity contribution < 1.29 is 4.79 Å². The molecule has 1 saturated heterocycles. The highest BCUT2D eigenvalue weighted by molar-refractivity contribution is 7.14. The molecule has 0 radical (unpaired) electrons. The van der Waals surface area contributed by atoms with Crippen molar-refractivity contribution in [1.29, 1.82) is 0 Å². The minimum atomic E-state index is 0.274. The van der Waals surface area contributed by atoms with E-state index < -0.39 is 0 Å². The lowest BCUT2D eigenvalue weighted by Crippen LogP contribution is -2.40. The first-order valence-electron chi connectivity index (χ1n) is 7.88. The molecule has 1 aliphatic carbocycles. The maximum absolute atomic E-state index is 12.7. The van der Waals surface area contributed by atoms with Gasteiger partial charge in [-0.1, -0.05) is 6.92 Å². The zero-order valence-corrected chi connectivity index (χ0v) is 13.0. The number of hydrogen-bond acceptors (Lipinski definition) is 3. The third kappa shape index (κ3) is 3.23. The monoisotopic (exact) mass is 292 g/mol. The highest BCUT2D eigenvalue weighted by atomic mass is 32.1. The van der Waals surface area contributed by atoms with E-state index in [1.807, 2.05) is 6.07 Å². The van der Waals surface area contributed by atoms with Gasteiger partial charge in [-0.15, -0.1) is 11.3 Å². The van der Waals surface area contributed by atoms with Crippen LogP contribution >= 0.6 is 11.3 Å². The van der Waals surface area contributed by atoms with E-state index in [4.69, 9.17) is 0 Å². The van der Waals surface area contributed by atoms with E-state index in [2.05, 4.69) is 23.2 Å². The van der Waals surface area contributed by atoms with Crippen LogP contribution in [0.5, 0.6) is 0 Å². The van der Waals surface area contributed by atoms with Gasteiger partial charge in [0.25, 0.3) is 5.91 Å². The molecule has 2 aliphatic rings. The van der Waals surface area contributed by atoms with Crippen molar-refractivity contribution in [2.75, 3.05) is 19.6 Å². The van der Waals surface area contributed by atoms with Crippen molar-refractivity contribution in [2.24, 2.45) is 5.92 Å². The predicted octanol–water partition coefficient (Wildman–Crippen LogP) is 2.91. The van der Waals surface area contributed by atoms with Crippen molar-refractivity contribution in [3.63, 3.8) is 0 Å². The molecule has 0 aromatic carbocycles. The van der Waals surface area contributed by atoms with Crippen molar-refractivity contribution >= 4 is 17.2 Å². The molecule has 4 heteroatoms. The Labute approximate surface area is 125 Å². The lowest BCUT2D eigenvalue weighted by atomic mass is 9.97. The van der Waals surface area contributed by atoms with Gasteiger partial charge in [0.15, 0.2) is 0 Å². The number of hydrogen-bond donors (Lipinski definition) is 1. The summed E-state index contributed by atoms with van der Waals surface area (Å²) in [7, 11) is 0. The van der Waals surface area contributed by atoms with E-state index in [1.54, 1.807) is 11.3 Å². The molecule has 0 atom stereocenters. The third-order valence-corrected chi connectivity index (χ3v) is 5.60. The Morgan fingerprint density at radius 1 is 1.30 bits per heavy atom. The Balaban J connectivity index is 1.67. The number of amides is 1. The van der Waals surface area contributed by atoms with E-state index in [0.717, 1.165) is 30.9 Å².